The Morgan fingerprint density at radius 3 is 2.41 bits per heavy atom. The number of nitrogens with zero attached hydrogens (tertiary/aromatic N) is 1. The summed E-state index contributed by atoms with van der Waals surface area (Å²) in [7, 11) is 0. The molecule has 138 valence electrons. The number of rotatable bonds is 3. The number of urea groups is 1. The van der Waals surface area contributed by atoms with Gasteiger partial charge in [0.2, 0.25) is 0 Å². The molecule has 0 atom stereocenters. The van der Waals surface area contributed by atoms with E-state index in [-0.39, 0.29) is 17.9 Å². The number of hydrogen-bond acceptors (Lipinski definition) is 2. The summed E-state index contributed by atoms with van der Waals surface area (Å²) in [5.74, 6) is -0.236. The van der Waals surface area contributed by atoms with Gasteiger partial charge in [-0.05, 0) is 48.6 Å². The van der Waals surface area contributed by atoms with Gasteiger partial charge in [0.05, 0.1) is 5.69 Å². The standard InChI is InChI=1S/C22H22FN3O/c23-17-8-10-18(11-9-17)24-19-12-14-26(15-13-19)22(27)25-21-7-3-5-16-4-1-2-6-20(16)21/h1-11,19,24H,12-15H2,(H,25,27). The Morgan fingerprint density at radius 2 is 1.63 bits per heavy atom. The number of carbonyl (C=O) groups is 1. The molecule has 2 amide bonds. The number of fused-ring (bicyclic) bond motifs is 1. The second kappa shape index (κ2) is 7.66. The molecule has 1 aliphatic heterocycles. The third-order valence-corrected chi connectivity index (χ3v) is 5.03. The van der Waals surface area contributed by atoms with E-state index in [1.807, 2.05) is 47.4 Å². The van der Waals surface area contributed by atoms with Crippen LogP contribution < -0.4 is 10.6 Å². The number of likely N-dealkylation sites (tertiary alicyclic amines) is 1. The molecule has 0 radical (unpaired) electrons. The molecule has 0 unspecified atom stereocenters. The summed E-state index contributed by atoms with van der Waals surface area (Å²) in [6.45, 7) is 1.38. The van der Waals surface area contributed by atoms with Crippen molar-refractivity contribution >= 4 is 28.2 Å². The van der Waals surface area contributed by atoms with Gasteiger partial charge in [0.25, 0.3) is 0 Å². The predicted molar refractivity (Wildman–Crippen MR) is 108 cm³/mol. The van der Waals surface area contributed by atoms with Gasteiger partial charge < -0.3 is 15.5 Å². The Balaban J connectivity index is 1.35. The molecule has 2 N–H and O–H groups in total. The molecule has 1 aliphatic rings. The van der Waals surface area contributed by atoms with Gasteiger partial charge in [-0.3, -0.25) is 0 Å². The first-order chi connectivity index (χ1) is 13.2. The lowest BCUT2D eigenvalue weighted by atomic mass is 10.0. The van der Waals surface area contributed by atoms with Crippen LogP contribution in [0.4, 0.5) is 20.6 Å². The van der Waals surface area contributed by atoms with Crippen molar-refractivity contribution in [2.75, 3.05) is 23.7 Å². The van der Waals surface area contributed by atoms with E-state index in [9.17, 15) is 9.18 Å². The Morgan fingerprint density at radius 1 is 0.926 bits per heavy atom. The summed E-state index contributed by atoms with van der Waals surface area (Å²) >= 11 is 0. The van der Waals surface area contributed by atoms with Gasteiger partial charge >= 0.3 is 6.03 Å². The average Bonchev–Trinajstić information content (AvgIpc) is 2.70. The third-order valence-electron chi connectivity index (χ3n) is 5.03. The van der Waals surface area contributed by atoms with Crippen LogP contribution in [0.3, 0.4) is 0 Å². The fourth-order valence-electron chi connectivity index (χ4n) is 3.54. The second-order valence-corrected chi connectivity index (χ2v) is 6.87. The van der Waals surface area contributed by atoms with Gasteiger partial charge in [0.1, 0.15) is 5.82 Å². The number of nitrogens with one attached hydrogen (secondary N) is 2. The maximum Gasteiger partial charge on any atom is 0.321 e. The summed E-state index contributed by atoms with van der Waals surface area (Å²) in [4.78, 5) is 14.5. The monoisotopic (exact) mass is 363 g/mol. The summed E-state index contributed by atoms with van der Waals surface area (Å²) in [6, 6.07) is 20.6. The number of amides is 2. The normalized spacial score (nSPS) is 14.9. The fraction of sp³-hybridized carbons (Fsp3) is 0.227. The van der Waals surface area contributed by atoms with E-state index >= 15 is 0 Å². The molecule has 3 aromatic carbocycles. The Kier molecular flexibility index (Phi) is 4.92. The molecule has 4 nitrogen and oxygen atoms in total. The van der Waals surface area contributed by atoms with Crippen molar-refractivity contribution in [3.05, 3.63) is 72.5 Å². The van der Waals surface area contributed by atoms with Crippen molar-refractivity contribution in [3.63, 3.8) is 0 Å². The maximum atomic E-state index is 13.0. The molecule has 3 aromatic rings. The molecule has 0 aromatic heterocycles. The Bertz CT molecular complexity index is 928. The van der Waals surface area contributed by atoms with Crippen molar-refractivity contribution < 1.29 is 9.18 Å². The molecule has 5 heteroatoms. The molecule has 1 fully saturated rings. The van der Waals surface area contributed by atoms with E-state index in [4.69, 9.17) is 0 Å². The maximum absolute atomic E-state index is 13.0. The van der Waals surface area contributed by atoms with E-state index in [1.54, 1.807) is 12.1 Å². The van der Waals surface area contributed by atoms with E-state index < -0.39 is 0 Å². The lowest BCUT2D eigenvalue weighted by molar-refractivity contribution is 0.197. The van der Waals surface area contributed by atoms with Crippen LogP contribution in [-0.4, -0.2) is 30.1 Å². The molecule has 0 spiro atoms. The summed E-state index contributed by atoms with van der Waals surface area (Å²) in [6.07, 6.45) is 1.72. The van der Waals surface area contributed by atoms with E-state index in [2.05, 4.69) is 10.6 Å². The minimum absolute atomic E-state index is 0.0633. The Hall–Kier alpha value is -3.08. The van der Waals surface area contributed by atoms with Gasteiger partial charge in [-0.15, -0.1) is 0 Å². The quantitative estimate of drug-likeness (QED) is 0.681. The van der Waals surface area contributed by atoms with Crippen molar-refractivity contribution in [3.8, 4) is 0 Å². The van der Waals surface area contributed by atoms with Crippen LogP contribution in [0, 0.1) is 5.82 Å². The number of carbonyl (C=O) groups excluding carboxylic acids is 1. The molecule has 1 saturated heterocycles. The van der Waals surface area contributed by atoms with Crippen LogP contribution in [0.2, 0.25) is 0 Å². The smallest absolute Gasteiger partial charge is 0.321 e. The highest BCUT2D eigenvalue weighted by Crippen LogP contribution is 2.24. The molecule has 0 saturated carbocycles. The lowest BCUT2D eigenvalue weighted by Gasteiger charge is -2.33. The highest BCUT2D eigenvalue weighted by molar-refractivity contribution is 6.01. The first-order valence-electron chi connectivity index (χ1n) is 9.25. The summed E-state index contributed by atoms with van der Waals surface area (Å²) in [5.41, 5.74) is 1.75. The van der Waals surface area contributed by atoms with E-state index in [1.165, 1.54) is 12.1 Å². The zero-order valence-corrected chi connectivity index (χ0v) is 15.0. The highest BCUT2D eigenvalue weighted by atomic mass is 19.1. The first kappa shape index (κ1) is 17.3. The SMILES string of the molecule is O=C(Nc1cccc2ccccc12)N1CCC(Nc2ccc(F)cc2)CC1. The summed E-state index contributed by atoms with van der Waals surface area (Å²) in [5, 5.41) is 8.62. The zero-order chi connectivity index (χ0) is 18.6. The molecule has 4 rings (SSSR count). The van der Waals surface area contributed by atoms with Crippen LogP contribution in [0.1, 0.15) is 12.8 Å². The number of halogens is 1. The molecule has 1 heterocycles. The summed E-state index contributed by atoms with van der Waals surface area (Å²) < 4.78 is 13.0. The average molecular weight is 363 g/mol. The largest absolute Gasteiger partial charge is 0.382 e. The molecule has 0 aliphatic carbocycles. The van der Waals surface area contributed by atoms with Crippen molar-refractivity contribution in [2.45, 2.75) is 18.9 Å². The Labute approximate surface area is 158 Å². The van der Waals surface area contributed by atoms with Crippen molar-refractivity contribution in [2.24, 2.45) is 0 Å². The molecule has 0 bridgehead atoms. The molecular weight excluding hydrogens is 341 g/mol. The van der Waals surface area contributed by atoms with Crippen LogP contribution >= 0.6 is 0 Å². The van der Waals surface area contributed by atoms with Gasteiger partial charge in [-0.2, -0.15) is 0 Å². The van der Waals surface area contributed by atoms with Gasteiger partial charge in [-0.1, -0.05) is 36.4 Å². The lowest BCUT2D eigenvalue weighted by Crippen LogP contribution is -2.44. The highest BCUT2D eigenvalue weighted by Gasteiger charge is 2.23. The number of benzene rings is 3. The van der Waals surface area contributed by atoms with Crippen LogP contribution in [0.15, 0.2) is 66.7 Å². The minimum atomic E-state index is -0.236. The van der Waals surface area contributed by atoms with Crippen molar-refractivity contribution in [1.29, 1.82) is 0 Å². The van der Waals surface area contributed by atoms with E-state index in [0.29, 0.717) is 13.1 Å². The van der Waals surface area contributed by atoms with Gasteiger partial charge in [0.15, 0.2) is 0 Å². The molecular formula is C22H22FN3O. The van der Waals surface area contributed by atoms with Crippen LogP contribution in [-0.2, 0) is 0 Å². The van der Waals surface area contributed by atoms with Crippen molar-refractivity contribution in [1.82, 2.24) is 4.90 Å². The van der Waals surface area contributed by atoms with Gasteiger partial charge in [-0.25, -0.2) is 9.18 Å². The number of anilines is 2. The number of hydrogen-bond donors (Lipinski definition) is 2. The van der Waals surface area contributed by atoms with Crippen LogP contribution in [0.5, 0.6) is 0 Å². The van der Waals surface area contributed by atoms with Crippen LogP contribution in [0.25, 0.3) is 10.8 Å². The topological polar surface area (TPSA) is 44.4 Å². The zero-order valence-electron chi connectivity index (χ0n) is 15.0. The minimum Gasteiger partial charge on any atom is -0.382 e. The third kappa shape index (κ3) is 4.03. The number of piperidine rings is 1. The molecule has 27 heavy (non-hydrogen) atoms. The second-order valence-electron chi connectivity index (χ2n) is 6.87. The van der Waals surface area contributed by atoms with E-state index in [0.717, 1.165) is 35.0 Å². The predicted octanol–water partition coefficient (Wildman–Crippen LogP) is 5.09. The fourth-order valence-corrected chi connectivity index (χ4v) is 3.54. The van der Waals surface area contributed by atoms with Gasteiger partial charge in [0, 0.05) is 30.2 Å². The first-order valence-corrected chi connectivity index (χ1v) is 9.25.